The SMILES string of the molecule is Fc1cc(F)c(Cl)c(F)c1.S. The minimum Gasteiger partial charge on any atom is -0.207 e. The topological polar surface area (TPSA) is 0 Å². The second-order valence-electron chi connectivity index (χ2n) is 1.68. The molecule has 0 aliphatic carbocycles. The maximum absolute atomic E-state index is 12.2. The average molecular weight is 201 g/mol. The van der Waals surface area contributed by atoms with Crippen molar-refractivity contribution in [2.45, 2.75) is 0 Å². The van der Waals surface area contributed by atoms with Gasteiger partial charge in [-0.05, 0) is 0 Å². The van der Waals surface area contributed by atoms with Crippen LogP contribution >= 0.6 is 25.1 Å². The Morgan fingerprint density at radius 3 is 1.73 bits per heavy atom. The summed E-state index contributed by atoms with van der Waals surface area (Å²) in [5.41, 5.74) is 0. The van der Waals surface area contributed by atoms with Gasteiger partial charge in [0.15, 0.2) is 0 Å². The van der Waals surface area contributed by atoms with E-state index in [2.05, 4.69) is 0 Å². The number of benzene rings is 1. The summed E-state index contributed by atoms with van der Waals surface area (Å²) in [4.78, 5) is 0. The van der Waals surface area contributed by atoms with Crippen LogP contribution in [-0.2, 0) is 0 Å². The number of hydrogen-bond acceptors (Lipinski definition) is 0. The van der Waals surface area contributed by atoms with Gasteiger partial charge >= 0.3 is 0 Å². The van der Waals surface area contributed by atoms with Gasteiger partial charge in [0, 0.05) is 12.1 Å². The highest BCUT2D eigenvalue weighted by atomic mass is 35.5. The molecule has 0 N–H and O–H groups in total. The van der Waals surface area contributed by atoms with E-state index in [-0.39, 0.29) is 13.5 Å². The van der Waals surface area contributed by atoms with Crippen molar-refractivity contribution in [3.05, 3.63) is 34.6 Å². The fourth-order valence-corrected chi connectivity index (χ4v) is 0.634. The molecule has 0 radical (unpaired) electrons. The van der Waals surface area contributed by atoms with Crippen LogP contribution in [0.4, 0.5) is 13.2 Å². The molecule has 0 spiro atoms. The molecule has 0 unspecified atom stereocenters. The smallest absolute Gasteiger partial charge is 0.147 e. The molecule has 0 fully saturated rings. The summed E-state index contributed by atoms with van der Waals surface area (Å²) in [6, 6.07) is 1.04. The van der Waals surface area contributed by atoms with Crippen molar-refractivity contribution < 1.29 is 13.2 Å². The quantitative estimate of drug-likeness (QED) is 0.446. The van der Waals surface area contributed by atoms with Gasteiger partial charge in [0.2, 0.25) is 0 Å². The molecule has 0 aliphatic heterocycles. The molecule has 0 saturated heterocycles. The molecule has 0 saturated carbocycles. The van der Waals surface area contributed by atoms with Crippen LogP contribution in [0.5, 0.6) is 0 Å². The van der Waals surface area contributed by atoms with E-state index in [1.165, 1.54) is 0 Å². The van der Waals surface area contributed by atoms with Gasteiger partial charge in [0.25, 0.3) is 0 Å². The first-order valence-electron chi connectivity index (χ1n) is 2.41. The van der Waals surface area contributed by atoms with Crippen LogP contribution in [-0.4, -0.2) is 0 Å². The molecule has 62 valence electrons. The lowest BCUT2D eigenvalue weighted by Crippen LogP contribution is -1.85. The molecule has 0 atom stereocenters. The summed E-state index contributed by atoms with van der Waals surface area (Å²) < 4.78 is 36.5. The third kappa shape index (κ3) is 2.31. The van der Waals surface area contributed by atoms with Crippen LogP contribution in [0.25, 0.3) is 0 Å². The Bertz CT molecular complexity index is 241. The average Bonchev–Trinajstić information content (AvgIpc) is 1.82. The van der Waals surface area contributed by atoms with E-state index in [9.17, 15) is 13.2 Å². The third-order valence-electron chi connectivity index (χ3n) is 0.949. The van der Waals surface area contributed by atoms with E-state index in [0.29, 0.717) is 12.1 Å². The van der Waals surface area contributed by atoms with Crippen molar-refractivity contribution >= 4 is 25.1 Å². The number of hydrogen-bond donors (Lipinski definition) is 0. The van der Waals surface area contributed by atoms with Crippen molar-refractivity contribution in [2.75, 3.05) is 0 Å². The van der Waals surface area contributed by atoms with Gasteiger partial charge in [0.05, 0.1) is 0 Å². The van der Waals surface area contributed by atoms with Crippen molar-refractivity contribution in [1.82, 2.24) is 0 Å². The predicted octanol–water partition coefficient (Wildman–Crippen LogP) is 2.87. The second kappa shape index (κ2) is 3.88. The minimum absolute atomic E-state index is 0. The zero-order chi connectivity index (χ0) is 7.72. The molecule has 0 aliphatic rings. The molecular weight excluding hydrogens is 197 g/mol. The van der Waals surface area contributed by atoms with Crippen LogP contribution < -0.4 is 0 Å². The lowest BCUT2D eigenvalue weighted by atomic mass is 10.3. The largest absolute Gasteiger partial charge is 0.207 e. The van der Waals surface area contributed by atoms with Gasteiger partial charge in [0.1, 0.15) is 22.5 Å². The summed E-state index contributed by atoms with van der Waals surface area (Å²) in [7, 11) is 0. The van der Waals surface area contributed by atoms with Crippen LogP contribution in [0.1, 0.15) is 0 Å². The second-order valence-corrected chi connectivity index (χ2v) is 2.06. The van der Waals surface area contributed by atoms with Crippen LogP contribution in [0.2, 0.25) is 5.02 Å². The van der Waals surface area contributed by atoms with Crippen molar-refractivity contribution in [3.8, 4) is 0 Å². The molecule has 0 bridgehead atoms. The van der Waals surface area contributed by atoms with Crippen LogP contribution in [0.3, 0.4) is 0 Å². The van der Waals surface area contributed by atoms with Crippen molar-refractivity contribution in [3.63, 3.8) is 0 Å². The zero-order valence-corrected chi connectivity index (χ0v) is 6.92. The molecule has 0 heterocycles. The molecule has 1 aromatic rings. The van der Waals surface area contributed by atoms with Gasteiger partial charge in [-0.2, -0.15) is 13.5 Å². The summed E-state index contributed by atoms with van der Waals surface area (Å²) in [6.07, 6.45) is 0. The molecule has 1 rings (SSSR count). The first-order chi connectivity index (χ1) is 4.61. The van der Waals surface area contributed by atoms with Gasteiger partial charge in [-0.3, -0.25) is 0 Å². The predicted molar refractivity (Wildman–Crippen MR) is 41.7 cm³/mol. The van der Waals surface area contributed by atoms with Crippen molar-refractivity contribution in [1.29, 1.82) is 0 Å². The number of halogens is 4. The lowest BCUT2D eigenvalue weighted by Gasteiger charge is -1.94. The van der Waals surface area contributed by atoms with E-state index in [1.54, 1.807) is 0 Å². The third-order valence-corrected chi connectivity index (χ3v) is 1.31. The van der Waals surface area contributed by atoms with E-state index < -0.39 is 22.5 Å². The fraction of sp³-hybridized carbons (Fsp3) is 0. The summed E-state index contributed by atoms with van der Waals surface area (Å²) >= 11 is 5.03. The lowest BCUT2D eigenvalue weighted by molar-refractivity contribution is 0.544. The van der Waals surface area contributed by atoms with Crippen molar-refractivity contribution in [2.24, 2.45) is 0 Å². The number of rotatable bonds is 0. The Labute approximate surface area is 73.4 Å². The maximum Gasteiger partial charge on any atom is 0.147 e. The Morgan fingerprint density at radius 2 is 1.36 bits per heavy atom. The first-order valence-corrected chi connectivity index (χ1v) is 2.79. The highest BCUT2D eigenvalue weighted by Crippen LogP contribution is 2.19. The highest BCUT2D eigenvalue weighted by molar-refractivity contribution is 7.59. The van der Waals surface area contributed by atoms with E-state index in [0.717, 1.165) is 0 Å². The Morgan fingerprint density at radius 1 is 1.00 bits per heavy atom. The Balaban J connectivity index is 0.000001000. The highest BCUT2D eigenvalue weighted by Gasteiger charge is 2.07. The minimum atomic E-state index is -1.08. The fourth-order valence-electron chi connectivity index (χ4n) is 0.525. The standard InChI is InChI=1S/C6H2ClF3.H2S/c7-6-4(9)1-3(8)2-5(6)10;/h1-2H;1H2. The van der Waals surface area contributed by atoms with Gasteiger partial charge in [-0.15, -0.1) is 0 Å². The van der Waals surface area contributed by atoms with Gasteiger partial charge in [-0.25, -0.2) is 13.2 Å². The van der Waals surface area contributed by atoms with Gasteiger partial charge < -0.3 is 0 Å². The monoisotopic (exact) mass is 200 g/mol. The normalized spacial score (nSPS) is 9.09. The Kier molecular flexibility index (Phi) is 3.75. The van der Waals surface area contributed by atoms with Gasteiger partial charge in [-0.1, -0.05) is 11.6 Å². The molecule has 11 heavy (non-hydrogen) atoms. The molecular formula is C6H4ClF3S. The maximum atomic E-state index is 12.2. The first kappa shape index (κ1) is 10.7. The Hall–Kier alpha value is -0.350. The molecule has 5 heteroatoms. The molecule has 0 amide bonds. The van der Waals surface area contributed by atoms with Crippen LogP contribution in [0, 0.1) is 17.5 Å². The summed E-state index contributed by atoms with van der Waals surface area (Å²) in [5.74, 6) is -3.14. The van der Waals surface area contributed by atoms with Crippen LogP contribution in [0.15, 0.2) is 12.1 Å². The summed E-state index contributed by atoms with van der Waals surface area (Å²) in [5, 5.41) is -0.679. The van der Waals surface area contributed by atoms with E-state index >= 15 is 0 Å². The van der Waals surface area contributed by atoms with E-state index in [1.807, 2.05) is 0 Å². The zero-order valence-electron chi connectivity index (χ0n) is 5.17. The van der Waals surface area contributed by atoms with E-state index in [4.69, 9.17) is 11.6 Å². The molecule has 0 nitrogen and oxygen atoms in total. The molecule has 1 aromatic carbocycles. The summed E-state index contributed by atoms with van der Waals surface area (Å²) in [6.45, 7) is 0. The molecule has 0 aromatic heterocycles.